The molecule has 0 aliphatic carbocycles. The number of ether oxygens (including phenoxy) is 5. The van der Waals surface area contributed by atoms with Gasteiger partial charge in [-0.2, -0.15) is 0 Å². The van der Waals surface area contributed by atoms with Crippen LogP contribution in [0.25, 0.3) is 0 Å². The Morgan fingerprint density at radius 2 is 1.45 bits per heavy atom. The number of hydrogen-bond donors (Lipinski definition) is 0. The normalized spacial score (nSPS) is 10.3. The van der Waals surface area contributed by atoms with Gasteiger partial charge in [-0.3, -0.25) is 4.79 Å². The molecule has 7 nitrogen and oxygen atoms in total. The highest BCUT2D eigenvalue weighted by Gasteiger charge is 2.20. The number of para-hydroxylation sites is 1. The van der Waals surface area contributed by atoms with Crippen molar-refractivity contribution in [2.75, 3.05) is 27.9 Å². The highest BCUT2D eigenvalue weighted by atomic mass is 35.5. The Labute approximate surface area is 196 Å². The number of rotatable bonds is 10. The number of methoxy groups -OCH3 is 3. The zero-order chi connectivity index (χ0) is 23.8. The van der Waals surface area contributed by atoms with Gasteiger partial charge in [-0.05, 0) is 30.3 Å². The Morgan fingerprint density at radius 3 is 2.09 bits per heavy atom. The zero-order valence-electron chi connectivity index (χ0n) is 18.4. The van der Waals surface area contributed by atoms with Gasteiger partial charge in [-0.1, -0.05) is 41.9 Å². The molecule has 0 N–H and O–H groups in total. The van der Waals surface area contributed by atoms with Gasteiger partial charge in [-0.15, -0.1) is 0 Å². The molecular formula is C25H23ClO7. The van der Waals surface area contributed by atoms with Crippen LogP contribution in [0, 0.1) is 0 Å². The molecular weight excluding hydrogens is 448 g/mol. The zero-order valence-corrected chi connectivity index (χ0v) is 19.2. The average Bonchev–Trinajstić information content (AvgIpc) is 2.85. The molecule has 0 heterocycles. The fraction of sp³-hybridized carbons (Fsp3) is 0.200. The van der Waals surface area contributed by atoms with E-state index in [2.05, 4.69) is 0 Å². The number of carbonyl (C=O) groups excluding carboxylic acids is 2. The highest BCUT2D eigenvalue weighted by molar-refractivity contribution is 6.31. The largest absolute Gasteiger partial charge is 0.493 e. The molecule has 0 amide bonds. The van der Waals surface area contributed by atoms with Crippen LogP contribution in [-0.4, -0.2) is 39.7 Å². The van der Waals surface area contributed by atoms with Crippen LogP contribution in [0.1, 0.15) is 26.3 Å². The summed E-state index contributed by atoms with van der Waals surface area (Å²) in [5.41, 5.74) is 1.22. The maximum Gasteiger partial charge on any atom is 0.342 e. The first-order chi connectivity index (χ1) is 16.0. The lowest BCUT2D eigenvalue weighted by Gasteiger charge is -2.14. The third-order valence-electron chi connectivity index (χ3n) is 4.77. The summed E-state index contributed by atoms with van der Waals surface area (Å²) in [6.45, 7) is -0.301. The van der Waals surface area contributed by atoms with Gasteiger partial charge in [0.25, 0.3) is 0 Å². The topological polar surface area (TPSA) is 80.3 Å². The second-order valence-corrected chi connectivity index (χ2v) is 7.20. The fourth-order valence-electron chi connectivity index (χ4n) is 3.07. The van der Waals surface area contributed by atoms with Crippen molar-refractivity contribution in [2.45, 2.75) is 6.61 Å². The summed E-state index contributed by atoms with van der Waals surface area (Å²) in [5.74, 6) is 0.207. The van der Waals surface area contributed by atoms with Crippen molar-refractivity contribution in [1.82, 2.24) is 0 Å². The van der Waals surface area contributed by atoms with Gasteiger partial charge in [-0.25, -0.2) is 4.79 Å². The van der Waals surface area contributed by atoms with Crippen LogP contribution in [0.2, 0.25) is 5.02 Å². The van der Waals surface area contributed by atoms with Gasteiger partial charge in [0.2, 0.25) is 11.5 Å². The number of esters is 1. The molecule has 0 unspecified atom stereocenters. The smallest absolute Gasteiger partial charge is 0.342 e. The molecule has 3 aromatic rings. The van der Waals surface area contributed by atoms with E-state index in [1.165, 1.54) is 33.5 Å². The van der Waals surface area contributed by atoms with Crippen molar-refractivity contribution in [2.24, 2.45) is 0 Å². The van der Waals surface area contributed by atoms with E-state index in [4.69, 9.17) is 35.3 Å². The molecule has 0 aliphatic rings. The summed E-state index contributed by atoms with van der Waals surface area (Å²) in [7, 11) is 4.37. The summed E-state index contributed by atoms with van der Waals surface area (Å²) in [5, 5.41) is 0.563. The quantitative estimate of drug-likeness (QED) is 0.305. The van der Waals surface area contributed by atoms with E-state index in [1.807, 2.05) is 18.2 Å². The van der Waals surface area contributed by atoms with Gasteiger partial charge in [0, 0.05) is 16.1 Å². The molecule has 0 aliphatic heterocycles. The molecule has 0 bridgehead atoms. The molecule has 33 heavy (non-hydrogen) atoms. The van der Waals surface area contributed by atoms with E-state index >= 15 is 0 Å². The van der Waals surface area contributed by atoms with E-state index < -0.39 is 18.4 Å². The second kappa shape index (κ2) is 11.2. The highest BCUT2D eigenvalue weighted by Crippen LogP contribution is 2.38. The molecule has 0 fully saturated rings. The summed E-state index contributed by atoms with van der Waals surface area (Å²) in [6, 6.07) is 16.9. The minimum Gasteiger partial charge on any atom is -0.493 e. The van der Waals surface area contributed by atoms with Gasteiger partial charge in [0.05, 0.1) is 21.3 Å². The Kier molecular flexibility index (Phi) is 8.16. The van der Waals surface area contributed by atoms with Crippen LogP contribution in [-0.2, 0) is 11.3 Å². The summed E-state index contributed by atoms with van der Waals surface area (Å²) >= 11 is 6.16. The average molecular weight is 471 g/mol. The molecule has 0 atom stereocenters. The van der Waals surface area contributed by atoms with Crippen LogP contribution < -0.4 is 18.9 Å². The lowest BCUT2D eigenvalue weighted by molar-refractivity contribution is 0.0470. The Hall–Kier alpha value is -3.71. The van der Waals surface area contributed by atoms with Crippen molar-refractivity contribution in [3.63, 3.8) is 0 Å². The van der Waals surface area contributed by atoms with Gasteiger partial charge < -0.3 is 23.7 Å². The summed E-state index contributed by atoms with van der Waals surface area (Å²) < 4.78 is 26.8. The SMILES string of the molecule is COc1cc(C(=O)COC(=O)c2ccccc2OCc2ccccc2Cl)cc(OC)c1OC. The molecule has 0 saturated heterocycles. The Bertz CT molecular complexity index is 1120. The van der Waals surface area contributed by atoms with E-state index in [1.54, 1.807) is 30.3 Å². The predicted octanol–water partition coefficient (Wildman–Crippen LogP) is 4.98. The number of benzene rings is 3. The van der Waals surface area contributed by atoms with Crippen LogP contribution in [0.3, 0.4) is 0 Å². The van der Waals surface area contributed by atoms with Crippen LogP contribution in [0.15, 0.2) is 60.7 Å². The molecule has 0 radical (unpaired) electrons. The Morgan fingerprint density at radius 1 is 0.818 bits per heavy atom. The molecule has 8 heteroatoms. The minimum atomic E-state index is -0.689. The summed E-state index contributed by atoms with van der Waals surface area (Å²) in [6.07, 6.45) is 0. The van der Waals surface area contributed by atoms with Crippen LogP contribution in [0.4, 0.5) is 0 Å². The van der Waals surface area contributed by atoms with E-state index in [0.29, 0.717) is 28.0 Å². The van der Waals surface area contributed by atoms with Gasteiger partial charge >= 0.3 is 5.97 Å². The predicted molar refractivity (Wildman–Crippen MR) is 123 cm³/mol. The second-order valence-electron chi connectivity index (χ2n) is 6.79. The third kappa shape index (κ3) is 5.75. The fourth-order valence-corrected chi connectivity index (χ4v) is 3.26. The molecule has 3 rings (SSSR count). The van der Waals surface area contributed by atoms with Crippen molar-refractivity contribution in [1.29, 1.82) is 0 Å². The summed E-state index contributed by atoms with van der Waals surface area (Å²) in [4.78, 5) is 25.4. The standard InChI is InChI=1S/C25H23ClO7/c1-29-22-12-17(13-23(30-2)24(22)31-3)20(27)15-33-25(28)18-9-5-7-11-21(18)32-14-16-8-4-6-10-19(16)26/h4-13H,14-15H2,1-3H3. The minimum absolute atomic E-state index is 0.175. The van der Waals surface area contributed by atoms with Crippen LogP contribution in [0.5, 0.6) is 23.0 Å². The lowest BCUT2D eigenvalue weighted by Crippen LogP contribution is -2.15. The van der Waals surface area contributed by atoms with Crippen molar-refractivity contribution in [3.8, 4) is 23.0 Å². The number of hydrogen-bond acceptors (Lipinski definition) is 7. The maximum atomic E-state index is 12.7. The number of halogens is 1. The van der Waals surface area contributed by atoms with E-state index in [9.17, 15) is 9.59 Å². The third-order valence-corrected chi connectivity index (χ3v) is 5.14. The lowest BCUT2D eigenvalue weighted by atomic mass is 10.1. The molecule has 0 saturated carbocycles. The van der Waals surface area contributed by atoms with Crippen LogP contribution >= 0.6 is 11.6 Å². The monoisotopic (exact) mass is 470 g/mol. The van der Waals surface area contributed by atoms with Gasteiger partial charge in [0.15, 0.2) is 18.1 Å². The molecule has 0 aromatic heterocycles. The maximum absolute atomic E-state index is 12.7. The van der Waals surface area contributed by atoms with Gasteiger partial charge in [0.1, 0.15) is 17.9 Å². The molecule has 0 spiro atoms. The van der Waals surface area contributed by atoms with E-state index in [-0.39, 0.29) is 17.7 Å². The first kappa shape index (κ1) is 23.9. The van der Waals surface area contributed by atoms with Crippen molar-refractivity contribution < 1.29 is 33.3 Å². The van der Waals surface area contributed by atoms with Crippen molar-refractivity contribution in [3.05, 3.63) is 82.4 Å². The Balaban J connectivity index is 1.70. The number of ketones is 1. The molecule has 3 aromatic carbocycles. The van der Waals surface area contributed by atoms with Crippen molar-refractivity contribution >= 4 is 23.4 Å². The first-order valence-corrected chi connectivity index (χ1v) is 10.3. The number of carbonyl (C=O) groups is 2. The number of Topliss-reactive ketones (excluding diaryl/α,β-unsaturated/α-hetero) is 1. The van der Waals surface area contributed by atoms with E-state index in [0.717, 1.165) is 5.56 Å². The molecule has 172 valence electrons. The first-order valence-electron chi connectivity index (χ1n) is 9.94.